The van der Waals surface area contributed by atoms with Crippen molar-refractivity contribution in [1.82, 2.24) is 5.32 Å². The maximum absolute atomic E-state index is 12.3. The Bertz CT molecular complexity index is 769. The van der Waals surface area contributed by atoms with E-state index in [1.807, 2.05) is 24.3 Å². The minimum Gasteiger partial charge on any atom is -0.449 e. The summed E-state index contributed by atoms with van der Waals surface area (Å²) in [7, 11) is 0. The van der Waals surface area contributed by atoms with Crippen LogP contribution in [-0.4, -0.2) is 24.5 Å². The highest BCUT2D eigenvalue weighted by molar-refractivity contribution is 5.85. The van der Waals surface area contributed by atoms with E-state index < -0.39 is 12.1 Å². The number of carbonyl (C=O) groups excluding carboxylic acids is 2. The maximum Gasteiger partial charge on any atom is 0.407 e. The minimum absolute atomic E-state index is 0.0269. The smallest absolute Gasteiger partial charge is 0.407 e. The van der Waals surface area contributed by atoms with Gasteiger partial charge in [0.2, 0.25) is 0 Å². The van der Waals surface area contributed by atoms with Crippen LogP contribution in [0.25, 0.3) is 11.1 Å². The van der Waals surface area contributed by atoms with Gasteiger partial charge < -0.3 is 10.1 Å². The second-order valence-corrected chi connectivity index (χ2v) is 7.13. The number of unbranched alkanes of at least 4 members (excludes halogenated alkanes) is 2. The fourth-order valence-corrected chi connectivity index (χ4v) is 3.76. The molecule has 1 aliphatic rings. The van der Waals surface area contributed by atoms with Crippen molar-refractivity contribution in [3.8, 4) is 11.1 Å². The van der Waals surface area contributed by atoms with Gasteiger partial charge in [0, 0.05) is 5.92 Å². The topological polar surface area (TPSA) is 55.4 Å². The van der Waals surface area contributed by atoms with Crippen LogP contribution in [0, 0.1) is 0 Å². The SMILES string of the molecule is CCCCCC(NC(=O)OCC1c2ccccc2-c2ccccc21)C(C)=O. The molecule has 0 saturated carbocycles. The molecule has 0 fully saturated rings. The zero-order valence-electron chi connectivity index (χ0n) is 16.0. The Hall–Kier alpha value is -2.62. The lowest BCUT2D eigenvalue weighted by Crippen LogP contribution is -2.40. The van der Waals surface area contributed by atoms with Gasteiger partial charge in [0.15, 0.2) is 5.78 Å². The molecule has 4 heteroatoms. The van der Waals surface area contributed by atoms with Gasteiger partial charge in [0.05, 0.1) is 6.04 Å². The molecule has 0 saturated heterocycles. The molecule has 0 spiro atoms. The average Bonchev–Trinajstić information content (AvgIpc) is 2.99. The highest BCUT2D eigenvalue weighted by Crippen LogP contribution is 2.44. The van der Waals surface area contributed by atoms with E-state index in [9.17, 15) is 9.59 Å². The van der Waals surface area contributed by atoms with E-state index in [1.165, 1.54) is 29.2 Å². The molecule has 1 aliphatic carbocycles. The number of rotatable bonds is 8. The Kier molecular flexibility index (Phi) is 6.28. The van der Waals surface area contributed by atoms with Crippen molar-refractivity contribution in [3.05, 3.63) is 59.7 Å². The zero-order valence-corrected chi connectivity index (χ0v) is 16.0. The van der Waals surface area contributed by atoms with E-state index in [-0.39, 0.29) is 18.3 Å². The number of ether oxygens (including phenoxy) is 1. The first-order valence-electron chi connectivity index (χ1n) is 9.73. The fraction of sp³-hybridized carbons (Fsp3) is 0.391. The first-order valence-corrected chi connectivity index (χ1v) is 9.73. The predicted octanol–water partition coefficient (Wildman–Crippen LogP) is 5.06. The lowest BCUT2D eigenvalue weighted by Gasteiger charge is -2.18. The first kappa shape index (κ1) is 19.2. The number of amides is 1. The summed E-state index contributed by atoms with van der Waals surface area (Å²) in [6.07, 6.45) is 3.19. The van der Waals surface area contributed by atoms with E-state index in [4.69, 9.17) is 4.74 Å². The highest BCUT2D eigenvalue weighted by Gasteiger charge is 2.29. The Morgan fingerprint density at radius 2 is 1.59 bits per heavy atom. The van der Waals surface area contributed by atoms with Gasteiger partial charge in [-0.15, -0.1) is 0 Å². The van der Waals surface area contributed by atoms with Crippen LogP contribution in [0.4, 0.5) is 4.79 Å². The third kappa shape index (κ3) is 4.38. The molecule has 2 aromatic carbocycles. The van der Waals surface area contributed by atoms with Gasteiger partial charge in [-0.3, -0.25) is 4.79 Å². The largest absolute Gasteiger partial charge is 0.449 e. The van der Waals surface area contributed by atoms with Crippen molar-refractivity contribution < 1.29 is 14.3 Å². The molecule has 0 bridgehead atoms. The van der Waals surface area contributed by atoms with Crippen molar-refractivity contribution >= 4 is 11.9 Å². The number of nitrogens with one attached hydrogen (secondary N) is 1. The third-order valence-corrected chi connectivity index (χ3v) is 5.22. The number of fused-ring (bicyclic) bond motifs is 3. The molecule has 1 amide bonds. The average molecular weight is 365 g/mol. The Morgan fingerprint density at radius 3 is 2.15 bits per heavy atom. The van der Waals surface area contributed by atoms with Crippen LogP contribution in [0.2, 0.25) is 0 Å². The summed E-state index contributed by atoms with van der Waals surface area (Å²) in [4.78, 5) is 24.1. The Labute approximate surface area is 160 Å². The van der Waals surface area contributed by atoms with E-state index in [2.05, 4.69) is 36.5 Å². The van der Waals surface area contributed by atoms with Crippen LogP contribution in [0.1, 0.15) is 56.6 Å². The van der Waals surface area contributed by atoms with Crippen LogP contribution in [0.3, 0.4) is 0 Å². The normalized spacial score (nSPS) is 13.6. The second-order valence-electron chi connectivity index (χ2n) is 7.13. The highest BCUT2D eigenvalue weighted by atomic mass is 16.5. The monoisotopic (exact) mass is 365 g/mol. The van der Waals surface area contributed by atoms with Crippen molar-refractivity contribution in [1.29, 1.82) is 0 Å². The third-order valence-electron chi connectivity index (χ3n) is 5.22. The van der Waals surface area contributed by atoms with Gasteiger partial charge in [-0.2, -0.15) is 0 Å². The maximum atomic E-state index is 12.3. The van der Waals surface area contributed by atoms with E-state index >= 15 is 0 Å². The molecule has 0 aromatic heterocycles. The molecule has 0 heterocycles. The second kappa shape index (κ2) is 8.85. The molecule has 0 aliphatic heterocycles. The molecule has 1 unspecified atom stereocenters. The number of alkyl carbamates (subject to hydrolysis) is 1. The summed E-state index contributed by atoms with van der Waals surface area (Å²) in [5, 5.41) is 2.74. The number of carbonyl (C=O) groups is 2. The molecular formula is C23H27NO3. The van der Waals surface area contributed by atoms with Gasteiger partial charge in [-0.05, 0) is 35.6 Å². The standard InChI is InChI=1S/C23H27NO3/c1-3-4-5-14-22(16(2)25)24-23(26)27-15-21-19-12-8-6-10-17(19)18-11-7-9-13-20(18)21/h6-13,21-22H,3-5,14-15H2,1-2H3,(H,24,26). The molecular weight excluding hydrogens is 338 g/mol. The minimum atomic E-state index is -0.520. The molecule has 4 nitrogen and oxygen atoms in total. The van der Waals surface area contributed by atoms with Crippen molar-refractivity contribution in [2.45, 2.75) is 51.5 Å². The molecule has 27 heavy (non-hydrogen) atoms. The molecule has 3 rings (SSSR count). The lowest BCUT2D eigenvalue weighted by atomic mass is 9.98. The Balaban J connectivity index is 1.64. The fourth-order valence-electron chi connectivity index (χ4n) is 3.76. The number of ketones is 1. The van der Waals surface area contributed by atoms with Crippen LogP contribution < -0.4 is 5.32 Å². The summed E-state index contributed by atoms with van der Waals surface area (Å²) in [5.41, 5.74) is 4.75. The lowest BCUT2D eigenvalue weighted by molar-refractivity contribution is -0.119. The van der Waals surface area contributed by atoms with E-state index in [0.29, 0.717) is 6.42 Å². The van der Waals surface area contributed by atoms with E-state index in [0.717, 1.165) is 19.3 Å². The number of hydrogen-bond acceptors (Lipinski definition) is 3. The van der Waals surface area contributed by atoms with Gasteiger partial charge in [-0.25, -0.2) is 4.79 Å². The van der Waals surface area contributed by atoms with Crippen LogP contribution in [-0.2, 0) is 9.53 Å². The number of Topliss-reactive ketones (excluding diaryl/α,β-unsaturated/α-hetero) is 1. The summed E-state index contributed by atoms with van der Waals surface area (Å²) in [6.45, 7) is 3.89. The van der Waals surface area contributed by atoms with Gasteiger partial charge in [0.1, 0.15) is 6.61 Å². The number of benzene rings is 2. The summed E-state index contributed by atoms with van der Waals surface area (Å²) in [5.74, 6) is -0.00127. The predicted molar refractivity (Wildman–Crippen MR) is 107 cm³/mol. The molecule has 0 radical (unpaired) electrons. The quantitative estimate of drug-likeness (QED) is 0.665. The van der Waals surface area contributed by atoms with Gasteiger partial charge >= 0.3 is 6.09 Å². The molecule has 1 atom stereocenters. The van der Waals surface area contributed by atoms with Crippen LogP contribution in [0.15, 0.2) is 48.5 Å². The van der Waals surface area contributed by atoms with Crippen LogP contribution in [0.5, 0.6) is 0 Å². The number of hydrogen-bond donors (Lipinski definition) is 1. The van der Waals surface area contributed by atoms with Gasteiger partial charge in [0.25, 0.3) is 0 Å². The zero-order chi connectivity index (χ0) is 19.2. The summed E-state index contributed by atoms with van der Waals surface area (Å²) in [6, 6.07) is 16.0. The summed E-state index contributed by atoms with van der Waals surface area (Å²) >= 11 is 0. The molecule has 142 valence electrons. The van der Waals surface area contributed by atoms with Crippen LogP contribution >= 0.6 is 0 Å². The van der Waals surface area contributed by atoms with Crippen molar-refractivity contribution in [2.24, 2.45) is 0 Å². The Morgan fingerprint density at radius 1 is 1.00 bits per heavy atom. The van der Waals surface area contributed by atoms with Gasteiger partial charge in [-0.1, -0.05) is 74.7 Å². The van der Waals surface area contributed by atoms with Crippen molar-refractivity contribution in [2.75, 3.05) is 6.61 Å². The molecule has 2 aromatic rings. The van der Waals surface area contributed by atoms with Crippen molar-refractivity contribution in [3.63, 3.8) is 0 Å². The molecule has 1 N–H and O–H groups in total. The summed E-state index contributed by atoms with van der Waals surface area (Å²) < 4.78 is 5.52. The first-order chi connectivity index (χ1) is 13.1. The van der Waals surface area contributed by atoms with E-state index in [1.54, 1.807) is 0 Å².